The fourth-order valence-electron chi connectivity index (χ4n) is 21.1. The number of nitrogens with two attached hydrogens (primary N) is 1. The zero-order valence-corrected chi connectivity index (χ0v) is 72.1. The summed E-state index contributed by atoms with van der Waals surface area (Å²) in [5.74, 6) is -0.361. The van der Waals surface area contributed by atoms with Crippen molar-refractivity contribution in [1.29, 1.82) is 0 Å². The first-order valence-corrected chi connectivity index (χ1v) is 45.1. The summed E-state index contributed by atoms with van der Waals surface area (Å²) in [5, 5.41) is 54.5. The van der Waals surface area contributed by atoms with Crippen LogP contribution in [0.4, 0.5) is 0 Å². The number of carbonyl (C=O) groups excluding carboxylic acids is 3. The normalized spacial score (nSPS) is 15.3. The molecule has 1 saturated heterocycles. The van der Waals surface area contributed by atoms with E-state index in [1.807, 2.05) is 36.1 Å². The number of hydrogen-bond acceptors (Lipinski definition) is 13. The first-order valence-electron chi connectivity index (χ1n) is 45.1. The number of hydrogen-bond donors (Lipinski definition) is 10. The Morgan fingerprint density at radius 2 is 0.638 bits per heavy atom. The third kappa shape index (κ3) is 13.5. The molecule has 0 spiro atoms. The number of amides is 3. The lowest BCUT2D eigenvalue weighted by atomic mass is 9.85. The lowest BCUT2D eigenvalue weighted by molar-refractivity contribution is 0.0658. The number of aromatic nitrogens is 17. The third-order valence-electron chi connectivity index (χ3n) is 27.9. The van der Waals surface area contributed by atoms with Gasteiger partial charge in [0.1, 0.15) is 17.1 Å². The van der Waals surface area contributed by atoms with E-state index >= 15 is 0 Å². The van der Waals surface area contributed by atoms with E-state index in [0.29, 0.717) is 23.1 Å². The maximum Gasteiger partial charge on any atom is 0.270 e. The molecule has 0 radical (unpaired) electrons. The molecular weight excluding hydrogens is 1580 g/mol. The van der Waals surface area contributed by atoms with Gasteiger partial charge in [-0.05, 0) is 317 Å². The maximum absolute atomic E-state index is 13.3. The molecule has 26 rings (SSSR count). The van der Waals surface area contributed by atoms with Crippen LogP contribution in [0.15, 0.2) is 140 Å². The highest BCUT2D eigenvalue weighted by molar-refractivity contribution is 6.15. The minimum absolute atomic E-state index is 0.0101. The zero-order valence-electron chi connectivity index (χ0n) is 72.1. The van der Waals surface area contributed by atoms with Gasteiger partial charge in [-0.2, -0.15) is 25.5 Å². The molecule has 1 aliphatic heterocycles. The van der Waals surface area contributed by atoms with Crippen molar-refractivity contribution in [1.82, 2.24) is 101 Å². The van der Waals surface area contributed by atoms with Crippen LogP contribution in [0.3, 0.4) is 0 Å². The number of aryl methyl sites for hydroxylation is 9. The average molecular weight is 1680 g/mol. The Morgan fingerprint density at radius 1 is 0.331 bits per heavy atom. The van der Waals surface area contributed by atoms with Crippen LogP contribution in [0.2, 0.25) is 0 Å². The average Bonchev–Trinajstić information content (AvgIpc) is 1.71. The van der Waals surface area contributed by atoms with Crippen molar-refractivity contribution < 1.29 is 14.4 Å². The van der Waals surface area contributed by atoms with Crippen molar-refractivity contribution in [3.05, 3.63) is 230 Å². The molecule has 127 heavy (non-hydrogen) atoms. The second-order valence-electron chi connectivity index (χ2n) is 36.0. The molecule has 3 amide bonds. The summed E-state index contributed by atoms with van der Waals surface area (Å²) in [7, 11) is 2.11. The monoisotopic (exact) mass is 1680 g/mol. The minimum atomic E-state index is -0.443. The molecule has 24 nitrogen and oxygen atoms in total. The molecule has 12 aromatic heterocycles. The summed E-state index contributed by atoms with van der Waals surface area (Å²) in [6.07, 6.45) is 20.0. The standard InChI is InChI=1S/C29H30N6O.C27H25N5O.C24H21N5O.C23H21N5/c1-17-21-15-18(7-8-24(21)33-32-17)28-20-6-4-3-5-19(20)27-22-16-26(30-23(22)9-10-25(27)31-28)29(36)35-13-11-34(2)12-14-35;1-14-19-12-15(6-9-22(19)32-31-14)26-18-5-3-2-4-17(18)25-20-13-24(27(33)28-16-7-8-16)29-21(20)10-11-23(25)30-26;1-12-16-10-13(6-7-19(16)29-28-12)23-15-5-3-2-4-14(15)22-17-11-21(24(25)30)26-18(17)8-9-20(22)27-23;1-12-17-11-14(7-8-18(17)27-25-12)23-16-6-4-3-5-15(16)22-19(24-23)9-10-20-21(22)13(2)26-28-20/h7-10,15-16,30H,3-6,11-14H2,1-2H3,(H,32,33);6,9-13,16,29H,2-5,7-8H2,1H3,(H,28,33)(H,31,32);6-11,26H,2-5H2,1H3,(H2,25,30)(H,28,29);7-11H,3-6H2,1-2H3,(H,25,27)(H,26,28). The molecule has 5 aliphatic carbocycles. The van der Waals surface area contributed by atoms with E-state index in [4.69, 9.17) is 25.7 Å². The van der Waals surface area contributed by atoms with Crippen LogP contribution in [0.1, 0.15) is 169 Å². The number of H-pyrrole nitrogens is 8. The summed E-state index contributed by atoms with van der Waals surface area (Å²) in [6.45, 7) is 13.7. The van der Waals surface area contributed by atoms with Gasteiger partial charge in [-0.3, -0.25) is 39.9 Å². The third-order valence-corrected chi connectivity index (χ3v) is 27.9. The van der Waals surface area contributed by atoms with Crippen LogP contribution in [-0.2, 0) is 51.4 Å². The minimum Gasteiger partial charge on any atom is -0.364 e. The molecule has 8 aromatic carbocycles. The lowest BCUT2D eigenvalue weighted by Crippen LogP contribution is -2.47. The highest BCUT2D eigenvalue weighted by Gasteiger charge is 2.31. The van der Waals surface area contributed by atoms with Crippen molar-refractivity contribution in [2.45, 2.75) is 156 Å². The second kappa shape index (κ2) is 30.9. The Labute approximate surface area is 729 Å². The highest BCUT2D eigenvalue weighted by atomic mass is 16.2. The predicted octanol–water partition coefficient (Wildman–Crippen LogP) is 19.9. The largest absolute Gasteiger partial charge is 0.364 e. The summed E-state index contributed by atoms with van der Waals surface area (Å²) >= 11 is 0. The molecule has 632 valence electrons. The van der Waals surface area contributed by atoms with Gasteiger partial charge in [0.2, 0.25) is 0 Å². The quantitative estimate of drug-likeness (QED) is 0.0677. The topological polar surface area (TPSA) is 338 Å². The Hall–Kier alpha value is -14.3. The summed E-state index contributed by atoms with van der Waals surface area (Å²) in [5.41, 5.74) is 44.6. The summed E-state index contributed by atoms with van der Waals surface area (Å²) in [4.78, 5) is 72.6. The first kappa shape index (κ1) is 77.5. The van der Waals surface area contributed by atoms with Gasteiger partial charge >= 0.3 is 0 Å². The SMILES string of the molecule is Cc1[nH]nc2ccc(-c3nc4ccc5[nH]c(C(=O)N6CCN(C)CC6)cc5c4c4c3CCCC4)cc12.Cc1[nH]nc2ccc(-c3nc4ccc5[nH]c(C(=O)NC6CC6)cc5c4c4c3CCCC4)cc12.Cc1[nH]nc2ccc(-c3nc4ccc5[nH]c(C(N)=O)cc5c4c4c3CCCC4)cc12.Cc1[nH]nc2ccc(-c3nc4ccc5n[nH]c(C)c5c4c4c3CCCC4)cc12. The van der Waals surface area contributed by atoms with Crippen LogP contribution < -0.4 is 11.1 Å². The van der Waals surface area contributed by atoms with E-state index in [9.17, 15) is 14.4 Å². The Balaban J connectivity index is 0.0000000975. The molecule has 13 heterocycles. The van der Waals surface area contributed by atoms with Gasteiger partial charge in [-0.15, -0.1) is 0 Å². The van der Waals surface area contributed by atoms with Gasteiger partial charge in [0.05, 0.1) is 72.4 Å². The van der Waals surface area contributed by atoms with Crippen molar-refractivity contribution in [2.24, 2.45) is 5.73 Å². The molecule has 20 aromatic rings. The zero-order chi connectivity index (χ0) is 85.7. The van der Waals surface area contributed by atoms with E-state index in [2.05, 4.69) is 226 Å². The summed E-state index contributed by atoms with van der Waals surface area (Å²) in [6, 6.07) is 48.6. The van der Waals surface area contributed by atoms with E-state index in [0.717, 1.165) is 275 Å². The second-order valence-corrected chi connectivity index (χ2v) is 36.0. The molecule has 2 fully saturated rings. The Morgan fingerprint density at radius 3 is 1.02 bits per heavy atom. The number of nitrogens with zero attached hydrogens (tertiary/aromatic N) is 11. The van der Waals surface area contributed by atoms with Crippen LogP contribution in [0.25, 0.3) is 176 Å². The van der Waals surface area contributed by atoms with Crippen molar-refractivity contribution in [3.8, 4) is 45.0 Å². The molecule has 0 unspecified atom stereocenters. The smallest absolute Gasteiger partial charge is 0.270 e. The van der Waals surface area contributed by atoms with Gasteiger partial charge in [0, 0.05) is 164 Å². The number of aromatic amines is 8. The van der Waals surface area contributed by atoms with Crippen molar-refractivity contribution in [2.75, 3.05) is 33.2 Å². The Bertz CT molecular complexity index is 7980. The van der Waals surface area contributed by atoms with E-state index in [-0.39, 0.29) is 11.8 Å². The number of carbonyl (C=O) groups is 3. The van der Waals surface area contributed by atoms with Crippen LogP contribution in [-0.4, -0.2) is 153 Å². The number of nitrogens with one attached hydrogen (secondary N) is 9. The van der Waals surface area contributed by atoms with Gasteiger partial charge in [-0.1, -0.05) is 24.3 Å². The van der Waals surface area contributed by atoms with Crippen LogP contribution >= 0.6 is 0 Å². The number of benzene rings is 8. The van der Waals surface area contributed by atoms with Gasteiger partial charge in [0.15, 0.2) is 0 Å². The van der Waals surface area contributed by atoms with Crippen LogP contribution in [0, 0.1) is 34.6 Å². The Kier molecular flexibility index (Phi) is 18.8. The molecule has 24 heteroatoms. The summed E-state index contributed by atoms with van der Waals surface area (Å²) < 4.78 is 0. The lowest BCUT2D eigenvalue weighted by Gasteiger charge is -2.32. The molecule has 0 atom stereocenters. The maximum atomic E-state index is 13.3. The molecule has 6 aliphatic rings. The van der Waals surface area contributed by atoms with E-state index in [1.165, 1.54) is 116 Å². The molecule has 1 saturated carbocycles. The first-order chi connectivity index (χ1) is 62.0. The number of fused-ring (bicyclic) bond motifs is 24. The number of likely N-dealkylation sites (N-methyl/N-ethyl adjacent to an activating group) is 1. The number of rotatable bonds is 8. The van der Waals surface area contributed by atoms with Gasteiger partial charge in [0.25, 0.3) is 17.7 Å². The number of piperazine rings is 1. The molecule has 11 N–H and O–H groups in total. The van der Waals surface area contributed by atoms with Crippen molar-refractivity contribution >= 4 is 149 Å². The van der Waals surface area contributed by atoms with Gasteiger partial charge < -0.3 is 35.8 Å². The number of primary amides is 1. The molecular formula is C103H97N21O3. The number of pyridine rings is 4. The highest BCUT2D eigenvalue weighted by Crippen LogP contribution is 2.46. The predicted molar refractivity (Wildman–Crippen MR) is 505 cm³/mol. The van der Waals surface area contributed by atoms with E-state index < -0.39 is 5.91 Å². The fraction of sp³-hybridized carbons (Fsp3) is 0.282. The van der Waals surface area contributed by atoms with Gasteiger partial charge in [-0.25, -0.2) is 19.9 Å². The van der Waals surface area contributed by atoms with Crippen LogP contribution in [0.5, 0.6) is 0 Å². The van der Waals surface area contributed by atoms with E-state index in [1.54, 1.807) is 0 Å². The molecule has 0 bridgehead atoms. The fourth-order valence-corrected chi connectivity index (χ4v) is 21.1. The van der Waals surface area contributed by atoms with Crippen molar-refractivity contribution in [3.63, 3.8) is 0 Å².